The molecular weight excluding hydrogens is 336 g/mol. The molecule has 0 aromatic carbocycles. The molecule has 0 saturated heterocycles. The summed E-state index contributed by atoms with van der Waals surface area (Å²) in [5.74, 6) is -1.83. The molecule has 0 aromatic rings. The van der Waals surface area contributed by atoms with Gasteiger partial charge in [-0.1, -0.05) is 13.8 Å². The number of ketones is 1. The first kappa shape index (κ1) is 18.8. The Bertz CT molecular complexity index is 655. The second kappa shape index (κ2) is 4.90. The summed E-state index contributed by atoms with van der Waals surface area (Å²) >= 11 is 0. The van der Waals surface area contributed by atoms with Crippen molar-refractivity contribution < 1.29 is 30.3 Å². The van der Waals surface area contributed by atoms with Crippen LogP contribution in [0.25, 0.3) is 0 Å². The van der Waals surface area contributed by atoms with Gasteiger partial charge in [-0.15, -0.1) is 0 Å². The van der Waals surface area contributed by atoms with E-state index >= 15 is 0 Å². The highest BCUT2D eigenvalue weighted by Crippen LogP contribution is 2.66. The third-order valence-corrected chi connectivity index (χ3v) is 8.87. The minimum Gasteiger partial charge on any atom is -0.390 e. The van der Waals surface area contributed by atoms with Gasteiger partial charge in [0.25, 0.3) is 0 Å². The van der Waals surface area contributed by atoms with Gasteiger partial charge in [0, 0.05) is 25.2 Å². The predicted molar refractivity (Wildman–Crippen MR) is 93.0 cm³/mol. The van der Waals surface area contributed by atoms with Crippen molar-refractivity contribution in [1.82, 2.24) is 0 Å². The number of carbonyl (C=O) groups is 1. The molecule has 4 fully saturated rings. The van der Waals surface area contributed by atoms with Gasteiger partial charge >= 0.3 is 0 Å². The number of rotatable bonds is 0. The normalized spacial score (nSPS) is 61.1. The van der Waals surface area contributed by atoms with E-state index in [9.17, 15) is 30.3 Å². The van der Waals surface area contributed by atoms with Crippen molar-refractivity contribution in [2.24, 2.45) is 29.1 Å². The maximum atomic E-state index is 12.7. The Morgan fingerprint density at radius 2 is 1.54 bits per heavy atom. The van der Waals surface area contributed by atoms with Crippen molar-refractivity contribution in [3.63, 3.8) is 0 Å². The molecule has 4 aliphatic carbocycles. The second-order valence-electron chi connectivity index (χ2n) is 10.5. The van der Waals surface area contributed by atoms with Crippen LogP contribution in [0, 0.1) is 29.1 Å². The number of hydrogen-bond donors (Lipinski definition) is 5. The molecule has 148 valence electrons. The van der Waals surface area contributed by atoms with Gasteiger partial charge in [-0.2, -0.15) is 0 Å². The van der Waals surface area contributed by atoms with Crippen LogP contribution in [0.15, 0.2) is 0 Å². The van der Waals surface area contributed by atoms with Crippen molar-refractivity contribution in [2.75, 3.05) is 0 Å². The monoisotopic (exact) mass is 368 g/mol. The SMILES string of the molecule is CC1(C)C(=O)C[C@H]2[C@](C)(O)[C@@H]3CC[C@@H]4[C@H]3[C@](O)(C[C@@H](O)[C@@]21O)C[C@@]4(C)O. The smallest absolute Gasteiger partial charge is 0.141 e. The fourth-order valence-electron chi connectivity index (χ4n) is 7.48. The number of carbonyl (C=O) groups excluding carboxylic acids is 1. The van der Waals surface area contributed by atoms with Gasteiger partial charge in [-0.3, -0.25) is 4.79 Å². The topological polar surface area (TPSA) is 118 Å². The molecule has 0 heterocycles. The summed E-state index contributed by atoms with van der Waals surface area (Å²) < 4.78 is 0. The first-order chi connectivity index (χ1) is 11.7. The van der Waals surface area contributed by atoms with Gasteiger partial charge in [0.05, 0.1) is 28.3 Å². The summed E-state index contributed by atoms with van der Waals surface area (Å²) in [6, 6.07) is 0. The Hall–Kier alpha value is -0.530. The second-order valence-corrected chi connectivity index (χ2v) is 10.5. The molecule has 0 bridgehead atoms. The van der Waals surface area contributed by atoms with E-state index in [4.69, 9.17) is 0 Å². The van der Waals surface area contributed by atoms with E-state index < -0.39 is 39.8 Å². The lowest BCUT2D eigenvalue weighted by molar-refractivity contribution is -0.243. The third-order valence-electron chi connectivity index (χ3n) is 8.87. The molecular formula is C20H32O6. The van der Waals surface area contributed by atoms with Crippen molar-refractivity contribution >= 4 is 5.78 Å². The Kier molecular flexibility index (Phi) is 3.54. The molecule has 0 radical (unpaired) electrons. The highest BCUT2D eigenvalue weighted by atomic mass is 16.4. The molecule has 26 heavy (non-hydrogen) atoms. The van der Waals surface area contributed by atoms with E-state index in [2.05, 4.69) is 0 Å². The standard InChI is InChI=1S/C20H32O6/c1-16(2)13(21)7-12-18(4,24)11-6-5-10-15(11)19(25,9-17(10,3)23)8-14(22)20(12,16)26/h10-12,14-15,22-26H,5-9H2,1-4H3/t10-,11-,12+,14-,15-,17-,18-,19+,20+/m1/s1. The Labute approximate surface area is 154 Å². The zero-order valence-corrected chi connectivity index (χ0v) is 16.1. The van der Waals surface area contributed by atoms with E-state index in [1.165, 1.54) is 0 Å². The van der Waals surface area contributed by atoms with Crippen LogP contribution >= 0.6 is 0 Å². The van der Waals surface area contributed by atoms with E-state index in [-0.39, 0.29) is 42.8 Å². The number of Topliss-reactive ketones (excluding diaryl/α,β-unsaturated/α-hetero) is 1. The third kappa shape index (κ3) is 1.92. The molecule has 0 aromatic heterocycles. The number of aliphatic hydroxyl groups is 5. The van der Waals surface area contributed by atoms with Crippen molar-refractivity contribution in [3.05, 3.63) is 0 Å². The number of fused-ring (bicyclic) bond motifs is 1. The largest absolute Gasteiger partial charge is 0.390 e. The van der Waals surface area contributed by atoms with E-state index in [0.29, 0.717) is 12.8 Å². The molecule has 5 N–H and O–H groups in total. The highest BCUT2D eigenvalue weighted by Gasteiger charge is 2.74. The first-order valence-corrected chi connectivity index (χ1v) is 9.80. The maximum absolute atomic E-state index is 12.7. The highest BCUT2D eigenvalue weighted by molar-refractivity contribution is 5.89. The Morgan fingerprint density at radius 3 is 2.15 bits per heavy atom. The summed E-state index contributed by atoms with van der Waals surface area (Å²) in [5, 5.41) is 56.6. The number of aliphatic hydroxyl groups excluding tert-OH is 1. The fraction of sp³-hybridized carbons (Fsp3) is 0.950. The van der Waals surface area contributed by atoms with Crippen molar-refractivity contribution in [1.29, 1.82) is 0 Å². The summed E-state index contributed by atoms with van der Waals surface area (Å²) in [7, 11) is 0. The molecule has 6 heteroatoms. The van der Waals surface area contributed by atoms with Crippen LogP contribution in [-0.4, -0.2) is 59.8 Å². The van der Waals surface area contributed by atoms with Gasteiger partial charge in [0.1, 0.15) is 11.4 Å². The maximum Gasteiger partial charge on any atom is 0.141 e. The molecule has 4 saturated carbocycles. The average Bonchev–Trinajstić information content (AvgIpc) is 3.08. The molecule has 0 amide bonds. The molecule has 0 spiro atoms. The van der Waals surface area contributed by atoms with Gasteiger partial charge in [0.2, 0.25) is 0 Å². The molecule has 9 atom stereocenters. The van der Waals surface area contributed by atoms with Crippen LogP contribution < -0.4 is 0 Å². The summed E-state index contributed by atoms with van der Waals surface area (Å²) in [5.41, 5.74) is -6.91. The Morgan fingerprint density at radius 1 is 0.962 bits per heavy atom. The molecule has 4 rings (SSSR count). The average molecular weight is 368 g/mol. The zero-order valence-electron chi connectivity index (χ0n) is 16.1. The quantitative estimate of drug-likeness (QED) is 0.422. The van der Waals surface area contributed by atoms with Gasteiger partial charge < -0.3 is 25.5 Å². The zero-order chi connectivity index (χ0) is 19.5. The van der Waals surface area contributed by atoms with Crippen LogP contribution in [-0.2, 0) is 4.79 Å². The van der Waals surface area contributed by atoms with Crippen LogP contribution in [0.5, 0.6) is 0 Å². The molecule has 0 unspecified atom stereocenters. The summed E-state index contributed by atoms with van der Waals surface area (Å²) in [6.45, 7) is 6.57. The van der Waals surface area contributed by atoms with Crippen molar-refractivity contribution in [3.8, 4) is 0 Å². The molecule has 0 aliphatic heterocycles. The summed E-state index contributed by atoms with van der Waals surface area (Å²) in [6.07, 6.45) is -0.0378. The summed E-state index contributed by atoms with van der Waals surface area (Å²) in [4.78, 5) is 12.7. The van der Waals surface area contributed by atoms with Gasteiger partial charge in [-0.25, -0.2) is 0 Å². The van der Waals surface area contributed by atoms with Crippen LogP contribution in [0.2, 0.25) is 0 Å². The Balaban J connectivity index is 1.90. The first-order valence-electron chi connectivity index (χ1n) is 9.80. The van der Waals surface area contributed by atoms with Crippen molar-refractivity contribution in [2.45, 2.75) is 88.3 Å². The van der Waals surface area contributed by atoms with Crippen LogP contribution in [0.4, 0.5) is 0 Å². The minimum absolute atomic E-state index is 0.0102. The van der Waals surface area contributed by atoms with Gasteiger partial charge in [-0.05, 0) is 44.4 Å². The minimum atomic E-state index is -1.82. The number of hydrogen-bond acceptors (Lipinski definition) is 6. The lowest BCUT2D eigenvalue weighted by Crippen LogP contribution is -2.66. The fourth-order valence-corrected chi connectivity index (χ4v) is 7.48. The lowest BCUT2D eigenvalue weighted by atomic mass is 9.56. The van der Waals surface area contributed by atoms with Crippen LogP contribution in [0.3, 0.4) is 0 Å². The predicted octanol–water partition coefficient (Wildman–Crippen LogP) is 0.377. The molecule has 6 nitrogen and oxygen atoms in total. The van der Waals surface area contributed by atoms with Crippen LogP contribution in [0.1, 0.15) is 59.8 Å². The van der Waals surface area contributed by atoms with E-state index in [0.717, 1.165) is 0 Å². The lowest BCUT2D eigenvalue weighted by Gasteiger charge is -2.54. The van der Waals surface area contributed by atoms with E-state index in [1.54, 1.807) is 27.7 Å². The van der Waals surface area contributed by atoms with E-state index in [1.807, 2.05) is 0 Å². The van der Waals surface area contributed by atoms with Gasteiger partial charge in [0.15, 0.2) is 0 Å². The molecule has 4 aliphatic rings.